The maximum absolute atomic E-state index is 12.0. The molecule has 0 unspecified atom stereocenters. The summed E-state index contributed by atoms with van der Waals surface area (Å²) >= 11 is 0. The SMILES string of the molecule is COc1ccc(-c2noc(CCC(=O)NCC(C)(C)C[C@@H](C)O)n2)cc1. The quantitative estimate of drug-likeness (QED) is 0.712. The number of hydrogen-bond donors (Lipinski definition) is 2. The van der Waals surface area contributed by atoms with Gasteiger partial charge in [-0.05, 0) is 43.0 Å². The molecule has 2 N–H and O–H groups in total. The maximum Gasteiger partial charge on any atom is 0.227 e. The molecule has 2 rings (SSSR count). The molecule has 0 saturated carbocycles. The van der Waals surface area contributed by atoms with Crippen LogP contribution in [0.15, 0.2) is 28.8 Å². The number of carbonyl (C=O) groups excluding carboxylic acids is 1. The number of aliphatic hydroxyl groups excluding tert-OH is 1. The Morgan fingerprint density at radius 1 is 1.35 bits per heavy atom. The summed E-state index contributed by atoms with van der Waals surface area (Å²) in [4.78, 5) is 16.3. The van der Waals surface area contributed by atoms with E-state index in [-0.39, 0.29) is 17.7 Å². The van der Waals surface area contributed by atoms with Gasteiger partial charge < -0.3 is 19.7 Å². The number of aryl methyl sites for hydroxylation is 1. The number of nitrogens with one attached hydrogen (secondary N) is 1. The number of methoxy groups -OCH3 is 1. The van der Waals surface area contributed by atoms with Crippen LogP contribution < -0.4 is 10.1 Å². The van der Waals surface area contributed by atoms with Crippen LogP contribution in [0.3, 0.4) is 0 Å². The highest BCUT2D eigenvalue weighted by molar-refractivity contribution is 5.76. The Bertz CT molecular complexity index is 708. The van der Waals surface area contributed by atoms with Gasteiger partial charge in [0.2, 0.25) is 17.6 Å². The monoisotopic (exact) mass is 361 g/mol. The van der Waals surface area contributed by atoms with Crippen molar-refractivity contribution >= 4 is 5.91 Å². The summed E-state index contributed by atoms with van der Waals surface area (Å²) in [5.41, 5.74) is 0.667. The number of carbonyl (C=O) groups is 1. The van der Waals surface area contributed by atoms with Crippen LogP contribution in [0.1, 0.15) is 39.5 Å². The topological polar surface area (TPSA) is 97.5 Å². The second-order valence-electron chi connectivity index (χ2n) is 7.23. The molecule has 0 bridgehead atoms. The maximum atomic E-state index is 12.0. The predicted octanol–water partition coefficient (Wildman–Crippen LogP) is 2.59. The van der Waals surface area contributed by atoms with Crippen molar-refractivity contribution in [1.29, 1.82) is 0 Å². The smallest absolute Gasteiger partial charge is 0.227 e. The van der Waals surface area contributed by atoms with Crippen LogP contribution in [0.4, 0.5) is 0 Å². The number of nitrogens with zero attached hydrogens (tertiary/aromatic N) is 2. The molecular formula is C19H27N3O4. The average molecular weight is 361 g/mol. The molecule has 0 fully saturated rings. The van der Waals surface area contributed by atoms with E-state index in [4.69, 9.17) is 9.26 Å². The molecule has 1 atom stereocenters. The van der Waals surface area contributed by atoms with Crippen LogP contribution in [0, 0.1) is 5.41 Å². The van der Waals surface area contributed by atoms with E-state index < -0.39 is 6.10 Å². The largest absolute Gasteiger partial charge is 0.497 e. The summed E-state index contributed by atoms with van der Waals surface area (Å²) in [6.07, 6.45) is 0.889. The Labute approximate surface area is 153 Å². The number of ether oxygens (including phenoxy) is 1. The molecule has 1 aromatic heterocycles. The van der Waals surface area contributed by atoms with E-state index in [1.54, 1.807) is 14.0 Å². The molecule has 2 aromatic rings. The highest BCUT2D eigenvalue weighted by Crippen LogP contribution is 2.21. The van der Waals surface area contributed by atoms with Gasteiger partial charge in [0.1, 0.15) is 5.75 Å². The van der Waals surface area contributed by atoms with Crippen molar-refractivity contribution < 1.29 is 19.2 Å². The van der Waals surface area contributed by atoms with E-state index in [2.05, 4.69) is 15.5 Å². The molecule has 142 valence electrons. The molecule has 0 aliphatic rings. The Morgan fingerprint density at radius 2 is 2.04 bits per heavy atom. The van der Waals surface area contributed by atoms with E-state index in [1.165, 1.54) is 0 Å². The zero-order valence-electron chi connectivity index (χ0n) is 15.8. The third-order valence-corrected chi connectivity index (χ3v) is 3.99. The summed E-state index contributed by atoms with van der Waals surface area (Å²) in [5, 5.41) is 16.3. The van der Waals surface area contributed by atoms with E-state index in [9.17, 15) is 9.90 Å². The van der Waals surface area contributed by atoms with Crippen LogP contribution >= 0.6 is 0 Å². The van der Waals surface area contributed by atoms with Crippen molar-refractivity contribution in [3.63, 3.8) is 0 Å². The van der Waals surface area contributed by atoms with Crippen molar-refractivity contribution in [3.8, 4) is 17.1 Å². The zero-order valence-corrected chi connectivity index (χ0v) is 15.8. The van der Waals surface area contributed by atoms with Crippen molar-refractivity contribution in [3.05, 3.63) is 30.2 Å². The fourth-order valence-corrected chi connectivity index (χ4v) is 2.73. The molecule has 0 aliphatic carbocycles. The van der Waals surface area contributed by atoms with Crippen molar-refractivity contribution in [2.24, 2.45) is 5.41 Å². The summed E-state index contributed by atoms with van der Waals surface area (Å²) in [5.74, 6) is 1.59. The minimum atomic E-state index is -0.392. The van der Waals surface area contributed by atoms with E-state index in [0.717, 1.165) is 11.3 Å². The van der Waals surface area contributed by atoms with Crippen LogP contribution in [0.5, 0.6) is 5.75 Å². The molecule has 0 radical (unpaired) electrons. The lowest BCUT2D eigenvalue weighted by atomic mass is 9.87. The van der Waals surface area contributed by atoms with Gasteiger partial charge in [0.25, 0.3) is 0 Å². The first-order valence-corrected chi connectivity index (χ1v) is 8.71. The summed E-state index contributed by atoms with van der Waals surface area (Å²) in [6, 6.07) is 7.36. The van der Waals surface area contributed by atoms with E-state index in [1.807, 2.05) is 38.1 Å². The van der Waals surface area contributed by atoms with Gasteiger partial charge in [-0.3, -0.25) is 4.79 Å². The number of benzene rings is 1. The third kappa shape index (κ3) is 6.15. The van der Waals surface area contributed by atoms with Gasteiger partial charge in [-0.15, -0.1) is 0 Å². The number of aliphatic hydroxyl groups is 1. The van der Waals surface area contributed by atoms with Gasteiger partial charge in [-0.1, -0.05) is 19.0 Å². The number of rotatable bonds is 9. The first kappa shape index (κ1) is 19.9. The molecule has 1 heterocycles. The first-order chi connectivity index (χ1) is 12.3. The van der Waals surface area contributed by atoms with Crippen molar-refractivity contribution in [1.82, 2.24) is 15.5 Å². The van der Waals surface area contributed by atoms with E-state index in [0.29, 0.717) is 31.1 Å². The van der Waals surface area contributed by atoms with Crippen molar-refractivity contribution in [2.45, 2.75) is 46.1 Å². The second-order valence-corrected chi connectivity index (χ2v) is 7.23. The number of amides is 1. The molecule has 1 aromatic carbocycles. The standard InChI is InChI=1S/C19H27N3O4/c1-13(23)11-19(2,3)12-20-16(24)9-10-17-21-18(22-26-17)14-5-7-15(25-4)8-6-14/h5-8,13,23H,9-12H2,1-4H3,(H,20,24)/t13-/m1/s1. The van der Waals surface area contributed by atoms with Crippen molar-refractivity contribution in [2.75, 3.05) is 13.7 Å². The van der Waals surface area contributed by atoms with Gasteiger partial charge in [0, 0.05) is 24.9 Å². The molecular weight excluding hydrogens is 334 g/mol. The number of hydrogen-bond acceptors (Lipinski definition) is 6. The second kappa shape index (κ2) is 8.80. The van der Waals surface area contributed by atoms with Crippen LogP contribution in [0.2, 0.25) is 0 Å². The zero-order chi connectivity index (χ0) is 19.2. The van der Waals surface area contributed by atoms with Gasteiger partial charge in [-0.2, -0.15) is 4.98 Å². The predicted molar refractivity (Wildman–Crippen MR) is 97.7 cm³/mol. The average Bonchev–Trinajstić information content (AvgIpc) is 3.06. The highest BCUT2D eigenvalue weighted by Gasteiger charge is 2.21. The lowest BCUT2D eigenvalue weighted by Gasteiger charge is -2.26. The van der Waals surface area contributed by atoms with Gasteiger partial charge in [0.15, 0.2) is 0 Å². The Kier molecular flexibility index (Phi) is 6.74. The Hall–Kier alpha value is -2.41. The van der Waals surface area contributed by atoms with E-state index >= 15 is 0 Å². The third-order valence-electron chi connectivity index (χ3n) is 3.99. The molecule has 0 spiro atoms. The molecule has 7 nitrogen and oxygen atoms in total. The van der Waals surface area contributed by atoms with Crippen LogP contribution in [-0.4, -0.2) is 40.9 Å². The molecule has 0 saturated heterocycles. The van der Waals surface area contributed by atoms with Gasteiger partial charge in [0.05, 0.1) is 13.2 Å². The van der Waals surface area contributed by atoms with Gasteiger partial charge >= 0.3 is 0 Å². The Morgan fingerprint density at radius 3 is 2.65 bits per heavy atom. The molecule has 7 heteroatoms. The first-order valence-electron chi connectivity index (χ1n) is 8.71. The molecule has 1 amide bonds. The van der Waals surface area contributed by atoms with Gasteiger partial charge in [-0.25, -0.2) is 0 Å². The minimum Gasteiger partial charge on any atom is -0.497 e. The summed E-state index contributed by atoms with van der Waals surface area (Å²) in [7, 11) is 1.61. The molecule has 0 aliphatic heterocycles. The van der Waals surface area contributed by atoms with Crippen LogP contribution in [-0.2, 0) is 11.2 Å². The number of aromatic nitrogens is 2. The highest BCUT2D eigenvalue weighted by atomic mass is 16.5. The Balaban J connectivity index is 1.82. The summed E-state index contributed by atoms with van der Waals surface area (Å²) in [6.45, 7) is 6.29. The normalized spacial score (nSPS) is 12.7. The lowest BCUT2D eigenvalue weighted by molar-refractivity contribution is -0.121. The fourth-order valence-electron chi connectivity index (χ4n) is 2.73. The lowest BCUT2D eigenvalue weighted by Crippen LogP contribution is -2.35. The minimum absolute atomic E-state index is 0.0761. The fraction of sp³-hybridized carbons (Fsp3) is 0.526. The molecule has 26 heavy (non-hydrogen) atoms. The summed E-state index contributed by atoms with van der Waals surface area (Å²) < 4.78 is 10.3. The van der Waals surface area contributed by atoms with Crippen LogP contribution in [0.25, 0.3) is 11.4 Å².